The van der Waals surface area contributed by atoms with Gasteiger partial charge in [0.25, 0.3) is 0 Å². The standard InChI is InChI=1S/C24H30N2O/c27-23(24(15-7-8-16-24)21-11-5-2-6-12-21)25-22-13-17-26(18-14-22)19-20-9-3-1-4-10-20/h1-6,9-12,22H,7-8,13-19H2,(H,25,27). The SMILES string of the molecule is O=C(NC1CCN(Cc2ccccc2)CC1)C1(c2ccccc2)CCCC1. The summed E-state index contributed by atoms with van der Waals surface area (Å²) >= 11 is 0. The average Bonchev–Trinajstić information content (AvgIpc) is 3.22. The monoisotopic (exact) mass is 362 g/mol. The van der Waals surface area contributed by atoms with Crippen LogP contribution in [0, 0.1) is 0 Å². The molecule has 0 spiro atoms. The van der Waals surface area contributed by atoms with Crippen molar-refractivity contribution in [3.05, 3.63) is 71.8 Å². The lowest BCUT2D eigenvalue weighted by molar-refractivity contribution is -0.127. The Morgan fingerprint density at radius 3 is 2.15 bits per heavy atom. The number of carbonyl (C=O) groups excluding carboxylic acids is 1. The first kappa shape index (κ1) is 18.2. The summed E-state index contributed by atoms with van der Waals surface area (Å²) in [5, 5.41) is 3.42. The quantitative estimate of drug-likeness (QED) is 0.861. The molecule has 1 heterocycles. The molecule has 0 unspecified atom stereocenters. The number of piperidine rings is 1. The van der Waals surface area contributed by atoms with Gasteiger partial charge in [-0.25, -0.2) is 0 Å². The number of nitrogens with zero attached hydrogens (tertiary/aromatic N) is 1. The number of likely N-dealkylation sites (tertiary alicyclic amines) is 1. The van der Waals surface area contributed by atoms with Crippen LogP contribution in [0.1, 0.15) is 49.7 Å². The lowest BCUT2D eigenvalue weighted by Gasteiger charge is -2.35. The molecule has 1 aliphatic carbocycles. The second-order valence-corrected chi connectivity index (χ2v) is 8.16. The summed E-state index contributed by atoms with van der Waals surface area (Å²) in [5.41, 5.74) is 2.26. The number of amides is 1. The maximum Gasteiger partial charge on any atom is 0.230 e. The maximum absolute atomic E-state index is 13.3. The molecule has 0 atom stereocenters. The first-order valence-corrected chi connectivity index (χ1v) is 10.4. The molecule has 27 heavy (non-hydrogen) atoms. The third-order valence-corrected chi connectivity index (χ3v) is 6.39. The Bertz CT molecular complexity index is 729. The lowest BCUT2D eigenvalue weighted by Crippen LogP contribution is -2.50. The van der Waals surface area contributed by atoms with E-state index in [4.69, 9.17) is 0 Å². The molecule has 142 valence electrons. The van der Waals surface area contributed by atoms with E-state index in [0.29, 0.717) is 6.04 Å². The molecule has 0 aromatic heterocycles. The number of hydrogen-bond donors (Lipinski definition) is 1. The summed E-state index contributed by atoms with van der Waals surface area (Å²) in [6, 6.07) is 21.4. The van der Waals surface area contributed by atoms with Crippen molar-refractivity contribution in [2.24, 2.45) is 0 Å². The van der Waals surface area contributed by atoms with E-state index in [1.165, 1.54) is 11.1 Å². The Kier molecular flexibility index (Phi) is 5.58. The van der Waals surface area contributed by atoms with Gasteiger partial charge in [0.2, 0.25) is 5.91 Å². The molecule has 1 saturated heterocycles. The zero-order valence-corrected chi connectivity index (χ0v) is 16.1. The van der Waals surface area contributed by atoms with Crippen molar-refractivity contribution in [2.45, 2.75) is 56.5 Å². The number of rotatable bonds is 5. The van der Waals surface area contributed by atoms with E-state index < -0.39 is 0 Å². The molecule has 1 saturated carbocycles. The predicted molar refractivity (Wildman–Crippen MR) is 109 cm³/mol. The minimum Gasteiger partial charge on any atom is -0.353 e. The van der Waals surface area contributed by atoms with Crippen molar-refractivity contribution in [3.63, 3.8) is 0 Å². The summed E-state index contributed by atoms with van der Waals surface area (Å²) in [6.07, 6.45) is 6.36. The summed E-state index contributed by atoms with van der Waals surface area (Å²) in [6.45, 7) is 3.12. The van der Waals surface area contributed by atoms with Crippen LogP contribution in [0.4, 0.5) is 0 Å². The van der Waals surface area contributed by atoms with Crippen LogP contribution in [0.3, 0.4) is 0 Å². The van der Waals surface area contributed by atoms with E-state index >= 15 is 0 Å². The minimum atomic E-state index is -0.303. The van der Waals surface area contributed by atoms with Crippen molar-refractivity contribution in [1.82, 2.24) is 10.2 Å². The van der Waals surface area contributed by atoms with E-state index in [9.17, 15) is 4.79 Å². The number of carbonyl (C=O) groups is 1. The van der Waals surface area contributed by atoms with Crippen LogP contribution in [-0.2, 0) is 16.8 Å². The van der Waals surface area contributed by atoms with Gasteiger partial charge >= 0.3 is 0 Å². The third kappa shape index (κ3) is 4.08. The topological polar surface area (TPSA) is 32.3 Å². The van der Waals surface area contributed by atoms with Crippen molar-refractivity contribution >= 4 is 5.91 Å². The summed E-state index contributed by atoms with van der Waals surface area (Å²) in [4.78, 5) is 15.8. The molecular formula is C24H30N2O. The molecule has 2 fully saturated rings. The van der Waals surface area contributed by atoms with Gasteiger partial charge in [0.15, 0.2) is 0 Å². The highest BCUT2D eigenvalue weighted by atomic mass is 16.2. The van der Waals surface area contributed by atoms with Gasteiger partial charge in [0.05, 0.1) is 5.41 Å². The summed E-state index contributed by atoms with van der Waals surface area (Å²) in [7, 11) is 0. The van der Waals surface area contributed by atoms with Crippen LogP contribution in [0.2, 0.25) is 0 Å². The zero-order chi connectivity index (χ0) is 18.5. The molecule has 3 nitrogen and oxygen atoms in total. The predicted octanol–water partition coefficient (Wildman–Crippen LogP) is 4.28. The number of benzene rings is 2. The second-order valence-electron chi connectivity index (χ2n) is 8.16. The molecule has 1 aliphatic heterocycles. The highest BCUT2D eigenvalue weighted by Gasteiger charge is 2.43. The normalized spacial score (nSPS) is 20.4. The fraction of sp³-hybridized carbons (Fsp3) is 0.458. The van der Waals surface area contributed by atoms with Crippen molar-refractivity contribution in [3.8, 4) is 0 Å². The van der Waals surface area contributed by atoms with Crippen LogP contribution in [0.5, 0.6) is 0 Å². The lowest BCUT2D eigenvalue weighted by atomic mass is 9.77. The van der Waals surface area contributed by atoms with Gasteiger partial charge in [-0.3, -0.25) is 9.69 Å². The van der Waals surface area contributed by atoms with Gasteiger partial charge in [-0.2, -0.15) is 0 Å². The van der Waals surface area contributed by atoms with Crippen LogP contribution >= 0.6 is 0 Å². The van der Waals surface area contributed by atoms with Crippen LogP contribution < -0.4 is 5.32 Å². The van der Waals surface area contributed by atoms with Gasteiger partial charge in [0, 0.05) is 25.7 Å². The van der Waals surface area contributed by atoms with Crippen LogP contribution in [0.15, 0.2) is 60.7 Å². The average molecular weight is 363 g/mol. The van der Waals surface area contributed by atoms with Gasteiger partial charge < -0.3 is 5.32 Å². The maximum atomic E-state index is 13.3. The fourth-order valence-electron chi connectivity index (χ4n) is 4.78. The molecule has 0 bridgehead atoms. The van der Waals surface area contributed by atoms with Crippen molar-refractivity contribution < 1.29 is 4.79 Å². The second kappa shape index (κ2) is 8.26. The molecule has 1 N–H and O–H groups in total. The zero-order valence-electron chi connectivity index (χ0n) is 16.1. The first-order valence-electron chi connectivity index (χ1n) is 10.4. The Labute approximate surface area is 162 Å². The largest absolute Gasteiger partial charge is 0.353 e. The molecule has 0 radical (unpaired) electrons. The van der Waals surface area contributed by atoms with Gasteiger partial charge in [-0.15, -0.1) is 0 Å². The highest BCUT2D eigenvalue weighted by molar-refractivity contribution is 5.88. The van der Waals surface area contributed by atoms with E-state index in [2.05, 4.69) is 64.8 Å². The van der Waals surface area contributed by atoms with Crippen molar-refractivity contribution in [2.75, 3.05) is 13.1 Å². The van der Waals surface area contributed by atoms with Crippen LogP contribution in [0.25, 0.3) is 0 Å². The van der Waals surface area contributed by atoms with E-state index in [1.54, 1.807) is 0 Å². The first-order chi connectivity index (χ1) is 13.3. The van der Waals surface area contributed by atoms with Gasteiger partial charge in [-0.1, -0.05) is 73.5 Å². The number of nitrogens with one attached hydrogen (secondary N) is 1. The highest BCUT2D eigenvalue weighted by Crippen LogP contribution is 2.41. The van der Waals surface area contributed by atoms with Gasteiger partial charge in [-0.05, 0) is 36.8 Å². The van der Waals surface area contributed by atoms with E-state index in [-0.39, 0.29) is 11.3 Å². The Morgan fingerprint density at radius 2 is 1.52 bits per heavy atom. The van der Waals surface area contributed by atoms with Crippen LogP contribution in [-0.4, -0.2) is 29.9 Å². The summed E-state index contributed by atoms with van der Waals surface area (Å²) < 4.78 is 0. The Hall–Kier alpha value is -2.13. The summed E-state index contributed by atoms with van der Waals surface area (Å²) in [5.74, 6) is 0.257. The Balaban J connectivity index is 1.35. The molecule has 2 aliphatic rings. The van der Waals surface area contributed by atoms with Gasteiger partial charge in [0.1, 0.15) is 0 Å². The molecule has 1 amide bonds. The number of hydrogen-bond acceptors (Lipinski definition) is 2. The van der Waals surface area contributed by atoms with E-state index in [0.717, 1.165) is 58.2 Å². The molecule has 2 aromatic rings. The minimum absolute atomic E-state index is 0.257. The molecule has 2 aromatic carbocycles. The smallest absolute Gasteiger partial charge is 0.230 e. The molecule has 3 heteroatoms. The Morgan fingerprint density at radius 1 is 0.926 bits per heavy atom. The molecule has 4 rings (SSSR count). The molecular weight excluding hydrogens is 332 g/mol. The third-order valence-electron chi connectivity index (χ3n) is 6.39. The van der Waals surface area contributed by atoms with E-state index in [1.807, 2.05) is 6.07 Å². The fourth-order valence-corrected chi connectivity index (χ4v) is 4.78. The van der Waals surface area contributed by atoms with Crippen molar-refractivity contribution in [1.29, 1.82) is 0 Å².